The summed E-state index contributed by atoms with van der Waals surface area (Å²) in [5.41, 5.74) is 1.26. The minimum absolute atomic E-state index is 0.00800. The van der Waals surface area contributed by atoms with Crippen LogP contribution in [-0.4, -0.2) is 36.5 Å². The van der Waals surface area contributed by atoms with Gasteiger partial charge >= 0.3 is 0 Å². The number of amides is 2. The quantitative estimate of drug-likeness (QED) is 0.441. The number of carbonyl (C=O) groups excluding carboxylic acids is 2. The summed E-state index contributed by atoms with van der Waals surface area (Å²) >= 11 is 0. The number of imide groups is 1. The lowest BCUT2D eigenvalue weighted by atomic mass is 9.85. The second-order valence-corrected chi connectivity index (χ2v) is 6.19. The van der Waals surface area contributed by atoms with Gasteiger partial charge < -0.3 is 4.74 Å². The van der Waals surface area contributed by atoms with E-state index in [-0.39, 0.29) is 23.7 Å². The van der Waals surface area contributed by atoms with E-state index in [1.165, 1.54) is 10.5 Å². The van der Waals surface area contributed by atoms with Gasteiger partial charge in [0.05, 0.1) is 18.4 Å². The fourth-order valence-corrected chi connectivity index (χ4v) is 3.35. The maximum absolute atomic E-state index is 12.3. The third-order valence-corrected chi connectivity index (χ3v) is 4.65. The highest BCUT2D eigenvalue weighted by Gasteiger charge is 2.46. The largest absolute Gasteiger partial charge is 0.381 e. The van der Waals surface area contributed by atoms with Gasteiger partial charge in [-0.15, -0.1) is 0 Å². The lowest BCUT2D eigenvalue weighted by Gasteiger charge is -2.14. The molecule has 0 unspecified atom stereocenters. The van der Waals surface area contributed by atoms with Crippen LogP contribution in [0.15, 0.2) is 42.5 Å². The summed E-state index contributed by atoms with van der Waals surface area (Å²) in [5.74, 6) is -0.222. The monoisotopic (exact) mass is 313 g/mol. The van der Waals surface area contributed by atoms with Crippen molar-refractivity contribution in [3.05, 3.63) is 48.0 Å². The van der Waals surface area contributed by atoms with E-state index in [1.54, 1.807) is 0 Å². The number of rotatable bonds is 7. The molecule has 2 amide bonds. The Morgan fingerprint density at radius 1 is 0.957 bits per heavy atom. The maximum atomic E-state index is 12.3. The molecule has 4 heteroatoms. The number of fused-ring (bicyclic) bond motifs is 1. The fourth-order valence-electron chi connectivity index (χ4n) is 3.35. The predicted octanol–water partition coefficient (Wildman–Crippen LogP) is 2.59. The molecule has 23 heavy (non-hydrogen) atoms. The number of carbonyl (C=O) groups is 2. The summed E-state index contributed by atoms with van der Waals surface area (Å²) in [5, 5.41) is 0. The van der Waals surface area contributed by atoms with Crippen molar-refractivity contribution in [3.63, 3.8) is 0 Å². The Bertz CT molecular complexity index is 556. The fraction of sp³-hybridized carbons (Fsp3) is 0.474. The Labute approximate surface area is 137 Å². The lowest BCUT2D eigenvalue weighted by molar-refractivity contribution is -0.140. The molecule has 0 N–H and O–H groups in total. The zero-order valence-electron chi connectivity index (χ0n) is 13.3. The molecule has 4 nitrogen and oxygen atoms in total. The van der Waals surface area contributed by atoms with E-state index >= 15 is 0 Å². The number of hydrogen-bond acceptors (Lipinski definition) is 3. The molecule has 0 aromatic heterocycles. The van der Waals surface area contributed by atoms with E-state index in [1.807, 2.05) is 30.4 Å². The molecule has 1 heterocycles. The van der Waals surface area contributed by atoms with Crippen LogP contribution in [0.4, 0.5) is 0 Å². The van der Waals surface area contributed by atoms with Crippen LogP contribution in [0, 0.1) is 11.8 Å². The Morgan fingerprint density at radius 2 is 1.61 bits per heavy atom. The molecular weight excluding hydrogens is 290 g/mol. The molecule has 1 saturated heterocycles. The van der Waals surface area contributed by atoms with Gasteiger partial charge in [-0.05, 0) is 31.2 Å². The van der Waals surface area contributed by atoms with Gasteiger partial charge in [0.25, 0.3) is 0 Å². The Hall–Kier alpha value is -1.94. The van der Waals surface area contributed by atoms with Crippen molar-refractivity contribution in [2.45, 2.75) is 25.7 Å². The van der Waals surface area contributed by atoms with Crippen molar-refractivity contribution in [2.24, 2.45) is 11.8 Å². The predicted molar refractivity (Wildman–Crippen MR) is 87.7 cm³/mol. The minimum atomic E-state index is -0.119. The highest BCUT2D eigenvalue weighted by atomic mass is 16.5. The molecule has 1 fully saturated rings. The number of ether oxygens (including phenoxy) is 1. The first kappa shape index (κ1) is 15.9. The number of benzene rings is 1. The van der Waals surface area contributed by atoms with Gasteiger partial charge in [-0.1, -0.05) is 42.5 Å². The lowest BCUT2D eigenvalue weighted by Crippen LogP contribution is -2.32. The molecule has 1 aliphatic heterocycles. The Morgan fingerprint density at radius 3 is 2.26 bits per heavy atom. The second-order valence-electron chi connectivity index (χ2n) is 6.19. The molecule has 3 rings (SSSR count). The van der Waals surface area contributed by atoms with E-state index < -0.39 is 0 Å². The summed E-state index contributed by atoms with van der Waals surface area (Å²) < 4.78 is 5.62. The third kappa shape index (κ3) is 3.70. The highest BCUT2D eigenvalue weighted by molar-refractivity contribution is 6.05. The number of allylic oxidation sites excluding steroid dienone is 2. The smallest absolute Gasteiger partial charge is 0.233 e. The topological polar surface area (TPSA) is 46.6 Å². The standard InChI is InChI=1S/C19H23NO3/c21-18-16-9-4-5-10-17(16)19(22)20(18)12-6-13-23-14-11-15-7-2-1-3-8-15/h1-5,7-8,16-17H,6,9-14H2/t16-,17-/m1/s1. The molecule has 0 spiro atoms. The summed E-state index contributed by atoms with van der Waals surface area (Å²) in [7, 11) is 0. The Balaban J connectivity index is 1.36. The van der Waals surface area contributed by atoms with Gasteiger partial charge in [-0.25, -0.2) is 0 Å². The van der Waals surface area contributed by atoms with Crippen molar-refractivity contribution < 1.29 is 14.3 Å². The van der Waals surface area contributed by atoms with Gasteiger partial charge in [-0.2, -0.15) is 0 Å². The van der Waals surface area contributed by atoms with Crippen molar-refractivity contribution in [3.8, 4) is 0 Å². The molecule has 0 saturated carbocycles. The van der Waals surface area contributed by atoms with Gasteiger partial charge in [0.1, 0.15) is 0 Å². The first-order chi connectivity index (χ1) is 11.3. The van der Waals surface area contributed by atoms with Crippen molar-refractivity contribution in [2.75, 3.05) is 19.8 Å². The van der Waals surface area contributed by atoms with E-state index in [0.717, 1.165) is 6.42 Å². The van der Waals surface area contributed by atoms with Crippen molar-refractivity contribution in [1.82, 2.24) is 4.90 Å². The van der Waals surface area contributed by atoms with E-state index in [0.29, 0.717) is 39.0 Å². The summed E-state index contributed by atoms with van der Waals surface area (Å²) in [6, 6.07) is 10.2. The molecule has 2 atom stereocenters. The molecular formula is C19H23NO3. The Kier molecular flexibility index (Phi) is 5.23. The van der Waals surface area contributed by atoms with Gasteiger partial charge in [-0.3, -0.25) is 14.5 Å². The van der Waals surface area contributed by atoms with Gasteiger partial charge in [0.15, 0.2) is 0 Å². The van der Waals surface area contributed by atoms with Crippen molar-refractivity contribution in [1.29, 1.82) is 0 Å². The zero-order chi connectivity index (χ0) is 16.1. The van der Waals surface area contributed by atoms with Crippen LogP contribution in [0.3, 0.4) is 0 Å². The summed E-state index contributed by atoms with van der Waals surface area (Å²) in [6.07, 6.45) is 7.04. The third-order valence-electron chi connectivity index (χ3n) is 4.65. The first-order valence-electron chi connectivity index (χ1n) is 8.39. The van der Waals surface area contributed by atoms with Crippen LogP contribution < -0.4 is 0 Å². The number of nitrogens with zero attached hydrogens (tertiary/aromatic N) is 1. The maximum Gasteiger partial charge on any atom is 0.233 e. The normalized spacial score (nSPS) is 23.4. The average Bonchev–Trinajstić information content (AvgIpc) is 2.84. The molecule has 1 aromatic rings. The van der Waals surface area contributed by atoms with Crippen LogP contribution in [0.1, 0.15) is 24.8 Å². The van der Waals surface area contributed by atoms with Crippen LogP contribution in [-0.2, 0) is 20.7 Å². The van der Waals surface area contributed by atoms with E-state index in [4.69, 9.17) is 4.74 Å². The molecule has 122 valence electrons. The average molecular weight is 313 g/mol. The summed E-state index contributed by atoms with van der Waals surface area (Å²) in [4.78, 5) is 26.0. The van der Waals surface area contributed by atoms with Crippen LogP contribution in [0.2, 0.25) is 0 Å². The van der Waals surface area contributed by atoms with Crippen LogP contribution in [0.25, 0.3) is 0 Å². The molecule has 1 aromatic carbocycles. The van der Waals surface area contributed by atoms with Crippen LogP contribution in [0.5, 0.6) is 0 Å². The molecule has 0 radical (unpaired) electrons. The first-order valence-corrected chi connectivity index (χ1v) is 8.39. The minimum Gasteiger partial charge on any atom is -0.381 e. The van der Waals surface area contributed by atoms with E-state index in [2.05, 4.69) is 12.1 Å². The van der Waals surface area contributed by atoms with Crippen molar-refractivity contribution >= 4 is 11.8 Å². The zero-order valence-corrected chi connectivity index (χ0v) is 13.3. The molecule has 1 aliphatic carbocycles. The second kappa shape index (κ2) is 7.55. The highest BCUT2D eigenvalue weighted by Crippen LogP contribution is 2.34. The molecule has 2 aliphatic rings. The van der Waals surface area contributed by atoms with Crippen LogP contribution >= 0.6 is 0 Å². The molecule has 0 bridgehead atoms. The van der Waals surface area contributed by atoms with Gasteiger partial charge in [0.2, 0.25) is 11.8 Å². The van der Waals surface area contributed by atoms with Gasteiger partial charge in [0, 0.05) is 13.2 Å². The number of hydrogen-bond donors (Lipinski definition) is 0. The van der Waals surface area contributed by atoms with E-state index in [9.17, 15) is 9.59 Å². The number of likely N-dealkylation sites (tertiary alicyclic amines) is 1. The summed E-state index contributed by atoms with van der Waals surface area (Å²) in [6.45, 7) is 1.73. The SMILES string of the molecule is O=C1[C@@H]2CC=CC[C@H]2C(=O)N1CCCOCCc1ccccc1.